The fraction of sp³-hybridized carbons (Fsp3) is 0.560. The van der Waals surface area contributed by atoms with Crippen LogP contribution in [0, 0.1) is 5.92 Å². The summed E-state index contributed by atoms with van der Waals surface area (Å²) >= 11 is 0. The number of benzene rings is 1. The number of hydrogen-bond acceptors (Lipinski definition) is 6. The third-order valence-electron chi connectivity index (χ3n) is 8.16. The topological polar surface area (TPSA) is 104 Å². The summed E-state index contributed by atoms with van der Waals surface area (Å²) in [6, 6.07) is 5.28. The first-order valence-corrected chi connectivity index (χ1v) is 13.8. The lowest BCUT2D eigenvalue weighted by Gasteiger charge is -2.49. The highest BCUT2D eigenvalue weighted by molar-refractivity contribution is 7.89. The van der Waals surface area contributed by atoms with E-state index in [0.29, 0.717) is 6.54 Å². The van der Waals surface area contributed by atoms with E-state index < -0.39 is 16.1 Å². The molecule has 2 aliphatic heterocycles. The van der Waals surface area contributed by atoms with E-state index in [1.807, 2.05) is 12.1 Å². The van der Waals surface area contributed by atoms with E-state index in [1.165, 1.54) is 29.7 Å². The third-order valence-corrected chi connectivity index (χ3v) is 9.90. The maximum atomic E-state index is 13.8. The van der Waals surface area contributed by atoms with Crippen LogP contribution in [0.1, 0.15) is 43.0 Å². The SMILES string of the molecule is COc1ccc2c3c([nH]c2c1)[C@@H](CO)N(S(=O)(=O)c1cn(C)cn1)CC31CCN(CC2CC2)CC1. The molecule has 2 aromatic heterocycles. The molecule has 0 amide bonds. The Morgan fingerprint density at radius 2 is 2.03 bits per heavy atom. The summed E-state index contributed by atoms with van der Waals surface area (Å²) in [4.78, 5) is 10.2. The highest BCUT2D eigenvalue weighted by atomic mass is 32.2. The molecule has 2 N–H and O–H groups in total. The molecule has 1 aromatic carbocycles. The smallest absolute Gasteiger partial charge is 0.262 e. The number of piperidine rings is 1. The summed E-state index contributed by atoms with van der Waals surface area (Å²) in [6.07, 6.45) is 7.42. The molecule has 1 saturated carbocycles. The van der Waals surface area contributed by atoms with Gasteiger partial charge < -0.3 is 24.3 Å². The highest BCUT2D eigenvalue weighted by Gasteiger charge is 2.51. The van der Waals surface area contributed by atoms with Gasteiger partial charge in [-0.15, -0.1) is 0 Å². The van der Waals surface area contributed by atoms with Crippen molar-refractivity contribution < 1.29 is 18.3 Å². The molecule has 1 spiro atoms. The summed E-state index contributed by atoms with van der Waals surface area (Å²) < 4.78 is 36.2. The first-order chi connectivity index (χ1) is 16.8. The Kier molecular flexibility index (Phi) is 5.48. The van der Waals surface area contributed by atoms with E-state index >= 15 is 0 Å². The molecule has 0 radical (unpaired) electrons. The number of rotatable bonds is 6. The molecule has 0 unspecified atom stereocenters. The van der Waals surface area contributed by atoms with Crippen molar-refractivity contribution >= 4 is 20.9 Å². The van der Waals surface area contributed by atoms with Crippen LogP contribution in [0.5, 0.6) is 5.75 Å². The number of fused-ring (bicyclic) bond motifs is 4. The van der Waals surface area contributed by atoms with Gasteiger partial charge in [0.05, 0.1) is 26.1 Å². The molecule has 188 valence electrons. The second kappa shape index (κ2) is 8.33. The van der Waals surface area contributed by atoms with Crippen LogP contribution < -0.4 is 4.74 Å². The van der Waals surface area contributed by atoms with Crippen LogP contribution in [0.3, 0.4) is 0 Å². The Bertz CT molecular complexity index is 1350. The average Bonchev–Trinajstić information content (AvgIpc) is 3.41. The molecular weight excluding hydrogens is 466 g/mol. The van der Waals surface area contributed by atoms with Gasteiger partial charge in [-0.2, -0.15) is 4.31 Å². The van der Waals surface area contributed by atoms with Crippen molar-refractivity contribution in [2.24, 2.45) is 13.0 Å². The van der Waals surface area contributed by atoms with Gasteiger partial charge in [0.15, 0.2) is 5.03 Å². The lowest BCUT2D eigenvalue weighted by atomic mass is 9.69. The zero-order valence-corrected chi connectivity index (χ0v) is 21.1. The van der Waals surface area contributed by atoms with Crippen LogP contribution in [-0.4, -0.2) is 77.2 Å². The molecule has 2 fully saturated rings. The summed E-state index contributed by atoms with van der Waals surface area (Å²) in [5, 5.41) is 11.6. The monoisotopic (exact) mass is 499 g/mol. The van der Waals surface area contributed by atoms with E-state index in [4.69, 9.17) is 4.74 Å². The quantitative estimate of drug-likeness (QED) is 0.540. The number of nitrogens with one attached hydrogen (secondary N) is 1. The second-order valence-electron chi connectivity index (χ2n) is 10.5. The van der Waals surface area contributed by atoms with Crippen LogP contribution in [0.4, 0.5) is 0 Å². The highest BCUT2D eigenvalue weighted by Crippen LogP contribution is 2.50. The van der Waals surface area contributed by atoms with Crippen molar-refractivity contribution in [2.45, 2.75) is 42.2 Å². The Balaban J connectivity index is 1.47. The Morgan fingerprint density at radius 1 is 1.26 bits per heavy atom. The lowest BCUT2D eigenvalue weighted by molar-refractivity contribution is 0.0940. The molecule has 1 aliphatic carbocycles. The number of likely N-dealkylation sites (tertiary alicyclic amines) is 1. The molecule has 1 saturated heterocycles. The molecule has 0 bridgehead atoms. The fourth-order valence-corrected chi connectivity index (χ4v) is 7.74. The predicted octanol–water partition coefficient (Wildman–Crippen LogP) is 2.39. The van der Waals surface area contributed by atoms with Gasteiger partial charge in [0, 0.05) is 54.4 Å². The van der Waals surface area contributed by atoms with Gasteiger partial charge >= 0.3 is 0 Å². The number of nitrogens with zero attached hydrogens (tertiary/aromatic N) is 4. The number of methoxy groups -OCH3 is 1. The van der Waals surface area contributed by atoms with Crippen LogP contribution >= 0.6 is 0 Å². The van der Waals surface area contributed by atoms with Gasteiger partial charge in [-0.05, 0) is 62.4 Å². The molecule has 9 nitrogen and oxygen atoms in total. The van der Waals surface area contributed by atoms with Crippen molar-refractivity contribution in [3.63, 3.8) is 0 Å². The van der Waals surface area contributed by atoms with Gasteiger partial charge in [0.25, 0.3) is 10.0 Å². The Hall–Kier alpha value is -2.40. The molecule has 3 aliphatic rings. The number of aryl methyl sites for hydroxylation is 1. The van der Waals surface area contributed by atoms with Gasteiger partial charge in [-0.1, -0.05) is 0 Å². The summed E-state index contributed by atoms with van der Waals surface area (Å²) in [6.45, 7) is 3.05. The molecule has 3 aromatic rings. The largest absolute Gasteiger partial charge is 0.497 e. The van der Waals surface area contributed by atoms with Crippen molar-refractivity contribution in [3.05, 3.63) is 42.0 Å². The minimum atomic E-state index is -3.91. The van der Waals surface area contributed by atoms with Crippen molar-refractivity contribution in [3.8, 4) is 5.75 Å². The number of ether oxygens (including phenoxy) is 1. The van der Waals surface area contributed by atoms with Crippen LogP contribution in [0.25, 0.3) is 10.9 Å². The molecule has 35 heavy (non-hydrogen) atoms. The van der Waals surface area contributed by atoms with Crippen molar-refractivity contribution in [1.82, 2.24) is 23.7 Å². The zero-order chi connectivity index (χ0) is 24.4. The molecule has 6 rings (SSSR count). The summed E-state index contributed by atoms with van der Waals surface area (Å²) in [7, 11) is -0.517. The van der Waals surface area contributed by atoms with Gasteiger partial charge in [-0.25, -0.2) is 13.4 Å². The number of aliphatic hydroxyl groups excluding tert-OH is 1. The Morgan fingerprint density at radius 3 is 2.66 bits per heavy atom. The van der Waals surface area contributed by atoms with Crippen molar-refractivity contribution in [1.29, 1.82) is 0 Å². The predicted molar refractivity (Wildman–Crippen MR) is 132 cm³/mol. The number of sulfonamides is 1. The van der Waals surface area contributed by atoms with Crippen molar-refractivity contribution in [2.75, 3.05) is 39.9 Å². The van der Waals surface area contributed by atoms with Gasteiger partial charge in [0.1, 0.15) is 5.75 Å². The maximum absolute atomic E-state index is 13.8. The number of imidazole rings is 1. The second-order valence-corrected chi connectivity index (χ2v) is 12.3. The minimum absolute atomic E-state index is 0.0148. The number of hydrogen-bond donors (Lipinski definition) is 2. The summed E-state index contributed by atoms with van der Waals surface area (Å²) in [5.74, 6) is 1.56. The first kappa shape index (κ1) is 23.0. The van der Waals surface area contributed by atoms with Gasteiger partial charge in [0.2, 0.25) is 0 Å². The van der Waals surface area contributed by atoms with Crippen LogP contribution in [0.15, 0.2) is 35.7 Å². The summed E-state index contributed by atoms with van der Waals surface area (Å²) in [5.41, 5.74) is 2.52. The maximum Gasteiger partial charge on any atom is 0.262 e. The van der Waals surface area contributed by atoms with E-state index in [2.05, 4.69) is 20.9 Å². The normalized spacial score (nSPS) is 23.1. The molecule has 10 heteroatoms. The molecule has 1 atom stereocenters. The number of aromatic amines is 1. The fourth-order valence-electron chi connectivity index (χ4n) is 6.09. The zero-order valence-electron chi connectivity index (χ0n) is 20.3. The molecular formula is C25H33N5O4S. The van der Waals surface area contributed by atoms with E-state index in [0.717, 1.165) is 66.3 Å². The third kappa shape index (κ3) is 3.78. The Labute approximate surface area is 205 Å². The lowest BCUT2D eigenvalue weighted by Crippen LogP contribution is -2.55. The van der Waals surface area contributed by atoms with E-state index in [1.54, 1.807) is 18.7 Å². The number of aliphatic hydroxyl groups is 1. The first-order valence-electron chi connectivity index (χ1n) is 12.4. The average molecular weight is 500 g/mol. The number of H-pyrrole nitrogens is 1. The van der Waals surface area contributed by atoms with Gasteiger partial charge in [-0.3, -0.25) is 0 Å². The molecule has 4 heterocycles. The number of aromatic nitrogens is 3. The van der Waals surface area contributed by atoms with E-state index in [-0.39, 0.29) is 17.0 Å². The van der Waals surface area contributed by atoms with E-state index in [9.17, 15) is 13.5 Å². The van der Waals surface area contributed by atoms with Crippen LogP contribution in [0.2, 0.25) is 0 Å². The van der Waals surface area contributed by atoms with Crippen LogP contribution in [-0.2, 0) is 22.5 Å². The minimum Gasteiger partial charge on any atom is -0.497 e. The standard InChI is InChI=1S/C25H33N5O4S/c1-28-13-22(26-16-28)35(32,33)30-15-25(7-9-29(10-8-25)12-17-3-4-17)23-19-6-5-18(34-2)11-20(19)27-24(23)21(30)14-31/h5-6,11,13,16-17,21,27,31H,3-4,7-10,12,14-15H2,1-2H3/t21-/m1/s1.